The number of hydrogen-bond donors (Lipinski definition) is 2. The number of imidazole rings is 1. The number of para-hydroxylation sites is 1. The van der Waals surface area contributed by atoms with Gasteiger partial charge >= 0.3 is 0 Å². The molecule has 0 bridgehead atoms. The number of unbranched alkanes of at least 4 members (excludes halogenated alkanes) is 1. The predicted octanol–water partition coefficient (Wildman–Crippen LogP) is 2.55. The zero-order valence-electron chi connectivity index (χ0n) is 10.9. The molecule has 5 heteroatoms. The summed E-state index contributed by atoms with van der Waals surface area (Å²) in [6.45, 7) is 3.01. The molecule has 0 unspecified atom stereocenters. The molecule has 3 aromatic rings. The summed E-state index contributed by atoms with van der Waals surface area (Å²) in [6.07, 6.45) is 2.17. The van der Waals surface area contributed by atoms with E-state index in [-0.39, 0.29) is 0 Å². The van der Waals surface area contributed by atoms with E-state index in [0.29, 0.717) is 17.3 Å². The number of benzene rings is 1. The Morgan fingerprint density at radius 3 is 2.74 bits per heavy atom. The van der Waals surface area contributed by atoms with Crippen molar-refractivity contribution in [3.63, 3.8) is 0 Å². The third kappa shape index (κ3) is 1.78. The van der Waals surface area contributed by atoms with Crippen molar-refractivity contribution in [1.29, 1.82) is 0 Å². The van der Waals surface area contributed by atoms with E-state index in [1.54, 1.807) is 0 Å². The normalized spacial score (nSPS) is 11.4. The number of nitrogens with zero attached hydrogens (tertiary/aromatic N) is 3. The molecule has 0 aliphatic carbocycles. The van der Waals surface area contributed by atoms with Crippen molar-refractivity contribution in [3.05, 3.63) is 24.3 Å². The van der Waals surface area contributed by atoms with E-state index in [2.05, 4.69) is 16.9 Å². The second kappa shape index (κ2) is 4.42. The third-order valence-corrected chi connectivity index (χ3v) is 3.38. The number of anilines is 2. The molecule has 0 radical (unpaired) electrons. The van der Waals surface area contributed by atoms with Gasteiger partial charge in [0.05, 0.1) is 11.0 Å². The molecule has 5 nitrogen and oxygen atoms in total. The minimum absolute atomic E-state index is 0.440. The maximum atomic E-state index is 6.02. The van der Waals surface area contributed by atoms with Crippen LogP contribution in [0.4, 0.5) is 11.8 Å². The standard InChI is InChI=1S/C14H17N5/c1-2-3-8-19-12-9-6-4-5-7-10(9)17-13(15)11(12)18-14(19)16/h4-7H,2-3,8H2,1H3,(H2,15,17)(H2,16,18). The topological polar surface area (TPSA) is 82.8 Å². The van der Waals surface area contributed by atoms with Gasteiger partial charge in [-0.3, -0.25) is 0 Å². The molecule has 2 aromatic heterocycles. The monoisotopic (exact) mass is 255 g/mol. The summed E-state index contributed by atoms with van der Waals surface area (Å²) in [7, 11) is 0. The number of rotatable bonds is 3. The van der Waals surface area contributed by atoms with Crippen molar-refractivity contribution in [1.82, 2.24) is 14.5 Å². The first-order valence-electron chi connectivity index (χ1n) is 6.52. The lowest BCUT2D eigenvalue weighted by molar-refractivity contribution is 0.654. The molecule has 2 heterocycles. The minimum Gasteiger partial charge on any atom is -0.382 e. The number of aryl methyl sites for hydroxylation is 1. The van der Waals surface area contributed by atoms with E-state index in [0.717, 1.165) is 35.8 Å². The Morgan fingerprint density at radius 2 is 1.95 bits per heavy atom. The first-order chi connectivity index (χ1) is 9.22. The summed E-state index contributed by atoms with van der Waals surface area (Å²) in [4.78, 5) is 8.75. The van der Waals surface area contributed by atoms with E-state index < -0.39 is 0 Å². The quantitative estimate of drug-likeness (QED) is 0.753. The highest BCUT2D eigenvalue weighted by molar-refractivity contribution is 6.07. The van der Waals surface area contributed by atoms with E-state index in [1.165, 1.54) is 0 Å². The highest BCUT2D eigenvalue weighted by atomic mass is 15.2. The van der Waals surface area contributed by atoms with Gasteiger partial charge in [-0.1, -0.05) is 31.5 Å². The molecule has 0 spiro atoms. The minimum atomic E-state index is 0.440. The van der Waals surface area contributed by atoms with Gasteiger partial charge in [-0.15, -0.1) is 0 Å². The lowest BCUT2D eigenvalue weighted by Gasteiger charge is -2.07. The van der Waals surface area contributed by atoms with Crippen molar-refractivity contribution in [2.75, 3.05) is 11.5 Å². The van der Waals surface area contributed by atoms with Gasteiger partial charge in [0.2, 0.25) is 5.95 Å². The molecule has 3 rings (SSSR count). The Balaban J connectivity index is 2.39. The van der Waals surface area contributed by atoms with Gasteiger partial charge in [-0.05, 0) is 12.5 Å². The van der Waals surface area contributed by atoms with Crippen LogP contribution in [-0.4, -0.2) is 14.5 Å². The zero-order valence-corrected chi connectivity index (χ0v) is 10.9. The number of fused-ring (bicyclic) bond motifs is 3. The fourth-order valence-electron chi connectivity index (χ4n) is 2.42. The largest absolute Gasteiger partial charge is 0.382 e. The van der Waals surface area contributed by atoms with E-state index in [4.69, 9.17) is 11.5 Å². The summed E-state index contributed by atoms with van der Waals surface area (Å²) in [5.74, 6) is 0.948. The highest BCUT2D eigenvalue weighted by Gasteiger charge is 2.14. The lowest BCUT2D eigenvalue weighted by atomic mass is 10.2. The molecule has 0 fully saturated rings. The van der Waals surface area contributed by atoms with E-state index in [1.807, 2.05) is 28.8 Å². The van der Waals surface area contributed by atoms with Gasteiger partial charge in [0, 0.05) is 11.9 Å². The lowest BCUT2D eigenvalue weighted by Crippen LogP contribution is -2.03. The summed E-state index contributed by atoms with van der Waals surface area (Å²) < 4.78 is 2.04. The Hall–Kier alpha value is -2.30. The number of nitrogen functional groups attached to an aromatic ring is 2. The molecule has 4 N–H and O–H groups in total. The van der Waals surface area contributed by atoms with Crippen LogP contribution in [0, 0.1) is 0 Å². The molecule has 0 saturated heterocycles. The highest BCUT2D eigenvalue weighted by Crippen LogP contribution is 2.29. The molecule has 19 heavy (non-hydrogen) atoms. The van der Waals surface area contributed by atoms with Crippen molar-refractivity contribution >= 4 is 33.7 Å². The van der Waals surface area contributed by atoms with Crippen LogP contribution < -0.4 is 11.5 Å². The summed E-state index contributed by atoms with van der Waals surface area (Å²) in [5.41, 5.74) is 14.6. The number of pyridine rings is 1. The van der Waals surface area contributed by atoms with Crippen molar-refractivity contribution < 1.29 is 0 Å². The van der Waals surface area contributed by atoms with Gasteiger partial charge in [-0.25, -0.2) is 9.97 Å². The van der Waals surface area contributed by atoms with Crippen molar-refractivity contribution in [2.24, 2.45) is 0 Å². The molecule has 0 amide bonds. The second-order valence-corrected chi connectivity index (χ2v) is 4.69. The Labute approximate surface area is 111 Å². The van der Waals surface area contributed by atoms with Crippen LogP contribution in [-0.2, 0) is 6.54 Å². The number of nitrogens with two attached hydrogens (primary N) is 2. The summed E-state index contributed by atoms with van der Waals surface area (Å²) in [6, 6.07) is 7.94. The molecule has 0 atom stereocenters. The zero-order chi connectivity index (χ0) is 13.4. The number of aromatic nitrogens is 3. The fourth-order valence-corrected chi connectivity index (χ4v) is 2.42. The Morgan fingerprint density at radius 1 is 1.16 bits per heavy atom. The maximum Gasteiger partial charge on any atom is 0.201 e. The predicted molar refractivity (Wildman–Crippen MR) is 78.8 cm³/mol. The van der Waals surface area contributed by atoms with Crippen LogP contribution in [0.1, 0.15) is 19.8 Å². The van der Waals surface area contributed by atoms with Crippen LogP contribution in [0.3, 0.4) is 0 Å². The molecule has 98 valence electrons. The average molecular weight is 255 g/mol. The maximum absolute atomic E-state index is 6.02. The molecule has 0 aliphatic heterocycles. The smallest absolute Gasteiger partial charge is 0.201 e. The SMILES string of the molecule is CCCCn1c(N)nc2c(N)nc3ccccc3c21. The molecule has 1 aromatic carbocycles. The van der Waals surface area contributed by atoms with Crippen LogP contribution in [0.15, 0.2) is 24.3 Å². The summed E-state index contributed by atoms with van der Waals surface area (Å²) >= 11 is 0. The van der Waals surface area contributed by atoms with Crippen LogP contribution in [0.25, 0.3) is 21.9 Å². The molecule has 0 aliphatic rings. The van der Waals surface area contributed by atoms with Crippen LogP contribution >= 0.6 is 0 Å². The van der Waals surface area contributed by atoms with Crippen LogP contribution in [0.5, 0.6) is 0 Å². The number of hydrogen-bond acceptors (Lipinski definition) is 4. The average Bonchev–Trinajstić information content (AvgIpc) is 2.74. The van der Waals surface area contributed by atoms with E-state index >= 15 is 0 Å². The van der Waals surface area contributed by atoms with Gasteiger partial charge in [0.25, 0.3) is 0 Å². The molecule has 0 saturated carbocycles. The van der Waals surface area contributed by atoms with Gasteiger partial charge in [0.1, 0.15) is 5.52 Å². The van der Waals surface area contributed by atoms with E-state index in [9.17, 15) is 0 Å². The van der Waals surface area contributed by atoms with Crippen LogP contribution in [0.2, 0.25) is 0 Å². The first kappa shape index (κ1) is 11.8. The molecular weight excluding hydrogens is 238 g/mol. The van der Waals surface area contributed by atoms with Crippen molar-refractivity contribution in [3.8, 4) is 0 Å². The molecular formula is C14H17N5. The van der Waals surface area contributed by atoms with Gasteiger partial charge < -0.3 is 16.0 Å². The third-order valence-electron chi connectivity index (χ3n) is 3.38. The first-order valence-corrected chi connectivity index (χ1v) is 6.52. The van der Waals surface area contributed by atoms with Gasteiger partial charge in [-0.2, -0.15) is 0 Å². The van der Waals surface area contributed by atoms with Crippen molar-refractivity contribution in [2.45, 2.75) is 26.3 Å². The Bertz CT molecular complexity index is 744. The Kier molecular flexibility index (Phi) is 2.74. The fraction of sp³-hybridized carbons (Fsp3) is 0.286. The van der Waals surface area contributed by atoms with Gasteiger partial charge in [0.15, 0.2) is 5.82 Å². The summed E-state index contributed by atoms with van der Waals surface area (Å²) in [5, 5.41) is 1.05. The second-order valence-electron chi connectivity index (χ2n) is 4.69.